The van der Waals surface area contributed by atoms with E-state index in [1.165, 1.54) is 0 Å². The van der Waals surface area contributed by atoms with E-state index in [1.807, 2.05) is 25.5 Å². The van der Waals surface area contributed by atoms with Gasteiger partial charge in [-0.1, -0.05) is 12.2 Å². The maximum absolute atomic E-state index is 6.43. The summed E-state index contributed by atoms with van der Waals surface area (Å²) < 4.78 is 5.15. The fourth-order valence-corrected chi connectivity index (χ4v) is 2.82. The number of pyridine rings is 2. The van der Waals surface area contributed by atoms with Gasteiger partial charge in [-0.3, -0.25) is 4.98 Å². The average molecular weight is 284 g/mol. The Bertz CT molecular complexity index is 698. The Kier molecular flexibility index (Phi) is 3.61. The van der Waals surface area contributed by atoms with E-state index in [0.717, 1.165) is 40.7 Å². The van der Waals surface area contributed by atoms with Gasteiger partial charge in [-0.15, -0.1) is 0 Å². The molecule has 110 valence electrons. The third-order valence-electron chi connectivity index (χ3n) is 4.03. The van der Waals surface area contributed by atoms with E-state index >= 15 is 0 Å². The summed E-state index contributed by atoms with van der Waals surface area (Å²) in [5.74, 6) is 0.847. The van der Waals surface area contributed by atoms with Crippen molar-refractivity contribution in [2.75, 3.05) is 26.1 Å². The van der Waals surface area contributed by atoms with Crippen molar-refractivity contribution in [2.45, 2.75) is 18.4 Å². The topological polar surface area (TPSA) is 73.1 Å². The summed E-state index contributed by atoms with van der Waals surface area (Å²) in [6.45, 7) is 0.650. The Hall–Kier alpha value is -1.98. The molecule has 1 atom stereocenters. The number of ether oxygens (including phenoxy) is 1. The van der Waals surface area contributed by atoms with E-state index in [-0.39, 0.29) is 5.54 Å². The molecule has 21 heavy (non-hydrogen) atoms. The third kappa shape index (κ3) is 2.50. The monoisotopic (exact) mass is 284 g/mol. The van der Waals surface area contributed by atoms with Crippen molar-refractivity contribution in [3.63, 3.8) is 0 Å². The second-order valence-electron chi connectivity index (χ2n) is 5.48. The van der Waals surface area contributed by atoms with Crippen molar-refractivity contribution in [3.8, 4) is 0 Å². The maximum atomic E-state index is 6.43. The molecule has 0 aliphatic heterocycles. The highest BCUT2D eigenvalue weighted by Crippen LogP contribution is 2.32. The van der Waals surface area contributed by atoms with Crippen LogP contribution in [-0.4, -0.2) is 36.3 Å². The quantitative estimate of drug-likeness (QED) is 0.898. The summed E-state index contributed by atoms with van der Waals surface area (Å²) in [6.07, 6.45) is 9.38. The molecular formula is C16H20N4O. The fraction of sp³-hybridized carbons (Fsp3) is 0.375. The maximum Gasteiger partial charge on any atom is 0.135 e. The number of anilines is 1. The summed E-state index contributed by atoms with van der Waals surface area (Å²) in [4.78, 5) is 8.93. The SMILES string of the molecule is CNc1nccc2c3c(ncc12)CC(N)(CCOC)C=C3. The summed E-state index contributed by atoms with van der Waals surface area (Å²) >= 11 is 0. The Balaban J connectivity index is 2.05. The van der Waals surface area contributed by atoms with Gasteiger partial charge in [0.15, 0.2) is 0 Å². The fourth-order valence-electron chi connectivity index (χ4n) is 2.82. The van der Waals surface area contributed by atoms with Crippen LogP contribution in [0.1, 0.15) is 17.7 Å². The van der Waals surface area contributed by atoms with Gasteiger partial charge >= 0.3 is 0 Å². The summed E-state index contributed by atoms with van der Waals surface area (Å²) in [6, 6.07) is 2.03. The molecule has 0 spiro atoms. The molecule has 5 nitrogen and oxygen atoms in total. The Morgan fingerprint density at radius 3 is 3.00 bits per heavy atom. The van der Waals surface area contributed by atoms with Crippen LogP contribution in [0.25, 0.3) is 16.8 Å². The first-order valence-corrected chi connectivity index (χ1v) is 7.08. The number of rotatable bonds is 4. The minimum atomic E-state index is -0.372. The molecule has 0 bridgehead atoms. The van der Waals surface area contributed by atoms with Crippen molar-refractivity contribution in [2.24, 2.45) is 5.73 Å². The zero-order valence-electron chi connectivity index (χ0n) is 12.4. The molecule has 0 fully saturated rings. The molecular weight excluding hydrogens is 264 g/mol. The molecule has 3 rings (SSSR count). The van der Waals surface area contributed by atoms with Crippen LogP contribution >= 0.6 is 0 Å². The summed E-state index contributed by atoms with van der Waals surface area (Å²) in [5, 5.41) is 5.29. The first-order chi connectivity index (χ1) is 10.2. The van der Waals surface area contributed by atoms with Crippen LogP contribution in [0.5, 0.6) is 0 Å². The van der Waals surface area contributed by atoms with Gasteiger partial charge in [0, 0.05) is 56.1 Å². The minimum Gasteiger partial charge on any atom is -0.385 e. The zero-order chi connectivity index (χ0) is 14.9. The van der Waals surface area contributed by atoms with Crippen LogP contribution in [0.2, 0.25) is 0 Å². The number of aromatic nitrogens is 2. The molecule has 1 unspecified atom stereocenters. The highest BCUT2D eigenvalue weighted by atomic mass is 16.5. The van der Waals surface area contributed by atoms with Crippen molar-refractivity contribution < 1.29 is 4.74 Å². The highest BCUT2D eigenvalue weighted by Gasteiger charge is 2.28. The van der Waals surface area contributed by atoms with Crippen molar-refractivity contribution in [3.05, 3.63) is 35.8 Å². The number of fused-ring (bicyclic) bond motifs is 3. The second kappa shape index (κ2) is 5.42. The van der Waals surface area contributed by atoms with Gasteiger partial charge in [0.05, 0.1) is 5.69 Å². The van der Waals surface area contributed by atoms with Crippen LogP contribution in [0.4, 0.5) is 5.82 Å². The van der Waals surface area contributed by atoms with Gasteiger partial charge in [0.25, 0.3) is 0 Å². The molecule has 0 amide bonds. The van der Waals surface area contributed by atoms with E-state index in [1.54, 1.807) is 7.11 Å². The molecule has 1 aliphatic carbocycles. The second-order valence-corrected chi connectivity index (χ2v) is 5.48. The van der Waals surface area contributed by atoms with Gasteiger partial charge in [-0.2, -0.15) is 0 Å². The lowest BCUT2D eigenvalue weighted by Crippen LogP contribution is -2.42. The number of nitrogens with two attached hydrogens (primary N) is 1. The number of methoxy groups -OCH3 is 1. The van der Waals surface area contributed by atoms with Gasteiger partial charge in [0.2, 0.25) is 0 Å². The van der Waals surface area contributed by atoms with Crippen LogP contribution in [0, 0.1) is 0 Å². The number of hydrogen-bond donors (Lipinski definition) is 2. The van der Waals surface area contributed by atoms with Crippen LogP contribution in [0.15, 0.2) is 24.5 Å². The van der Waals surface area contributed by atoms with Crippen LogP contribution < -0.4 is 11.1 Å². The molecule has 2 heterocycles. The van der Waals surface area contributed by atoms with E-state index in [0.29, 0.717) is 6.61 Å². The van der Waals surface area contributed by atoms with E-state index < -0.39 is 0 Å². The summed E-state index contributed by atoms with van der Waals surface area (Å²) in [5.41, 5.74) is 8.24. The lowest BCUT2D eigenvalue weighted by Gasteiger charge is -2.29. The largest absolute Gasteiger partial charge is 0.385 e. The zero-order valence-corrected chi connectivity index (χ0v) is 12.4. The molecule has 5 heteroatoms. The molecule has 2 aromatic rings. The van der Waals surface area contributed by atoms with Crippen molar-refractivity contribution in [1.29, 1.82) is 0 Å². The lowest BCUT2D eigenvalue weighted by molar-refractivity contribution is 0.177. The van der Waals surface area contributed by atoms with Gasteiger partial charge < -0.3 is 15.8 Å². The Morgan fingerprint density at radius 1 is 1.38 bits per heavy atom. The number of hydrogen-bond acceptors (Lipinski definition) is 5. The predicted octanol–water partition coefficient (Wildman–Crippen LogP) is 1.97. The molecule has 0 saturated carbocycles. The van der Waals surface area contributed by atoms with Crippen molar-refractivity contribution >= 4 is 22.7 Å². The molecule has 0 saturated heterocycles. The standard InChI is InChI=1S/C16H20N4O/c1-18-15-13-10-20-14-9-16(17,6-8-21-2)5-3-12(14)11(13)4-7-19-15/h3-5,7,10H,6,8-9,17H2,1-2H3,(H,18,19). The Labute approximate surface area is 124 Å². The number of nitrogens with zero attached hydrogens (tertiary/aromatic N) is 2. The van der Waals surface area contributed by atoms with Gasteiger partial charge in [-0.05, 0) is 17.9 Å². The molecule has 3 N–H and O–H groups in total. The van der Waals surface area contributed by atoms with E-state index in [9.17, 15) is 0 Å². The molecule has 0 radical (unpaired) electrons. The third-order valence-corrected chi connectivity index (χ3v) is 4.03. The minimum absolute atomic E-state index is 0.372. The highest BCUT2D eigenvalue weighted by molar-refractivity contribution is 5.97. The predicted molar refractivity (Wildman–Crippen MR) is 85.2 cm³/mol. The molecule has 0 aromatic carbocycles. The first-order valence-electron chi connectivity index (χ1n) is 7.08. The van der Waals surface area contributed by atoms with Crippen molar-refractivity contribution in [1.82, 2.24) is 9.97 Å². The van der Waals surface area contributed by atoms with E-state index in [2.05, 4.69) is 27.4 Å². The van der Waals surface area contributed by atoms with Gasteiger partial charge in [0.1, 0.15) is 5.82 Å². The normalized spacial score (nSPS) is 20.5. The van der Waals surface area contributed by atoms with Crippen LogP contribution in [0.3, 0.4) is 0 Å². The van der Waals surface area contributed by atoms with E-state index in [4.69, 9.17) is 10.5 Å². The number of nitrogens with one attached hydrogen (secondary N) is 1. The van der Waals surface area contributed by atoms with Gasteiger partial charge in [-0.25, -0.2) is 4.98 Å². The Morgan fingerprint density at radius 2 is 2.24 bits per heavy atom. The molecule has 2 aromatic heterocycles. The summed E-state index contributed by atoms with van der Waals surface area (Å²) in [7, 11) is 3.56. The lowest BCUT2D eigenvalue weighted by atomic mass is 9.83. The smallest absolute Gasteiger partial charge is 0.135 e. The average Bonchev–Trinajstić information content (AvgIpc) is 2.51. The first kappa shape index (κ1) is 14.0. The van der Waals surface area contributed by atoms with Crippen LogP contribution in [-0.2, 0) is 11.2 Å². The molecule has 1 aliphatic rings.